The Kier molecular flexibility index (Phi) is 7.23. The Morgan fingerprint density at radius 2 is 1.80 bits per heavy atom. The molecule has 1 saturated heterocycles. The van der Waals surface area contributed by atoms with Crippen LogP contribution in [0.15, 0.2) is 70.7 Å². The van der Waals surface area contributed by atoms with Crippen LogP contribution in [0, 0.1) is 6.92 Å². The number of carbonyl (C=O) groups excluding carboxylic acids is 3. The number of anilines is 1. The summed E-state index contributed by atoms with van der Waals surface area (Å²) in [7, 11) is 1.47. The van der Waals surface area contributed by atoms with Crippen LogP contribution in [-0.2, 0) is 16.2 Å². The Morgan fingerprint density at radius 1 is 1.06 bits per heavy atom. The van der Waals surface area contributed by atoms with Gasteiger partial charge in [0.1, 0.15) is 12.2 Å². The average molecular weight is 556 g/mol. The molecule has 4 rings (SSSR count). The molecular weight excluding hydrogens is 536 g/mol. The molecule has 1 N–H and O–H groups in total. The van der Waals surface area contributed by atoms with Crippen molar-refractivity contribution in [2.75, 3.05) is 12.0 Å². The molecule has 0 aromatic heterocycles. The predicted molar refractivity (Wildman–Crippen MR) is 137 cm³/mol. The van der Waals surface area contributed by atoms with E-state index in [1.165, 1.54) is 13.2 Å². The Bertz CT molecular complexity index is 1350. The fourth-order valence-corrected chi connectivity index (χ4v) is 4.11. The van der Waals surface area contributed by atoms with Crippen molar-refractivity contribution in [3.05, 3.63) is 92.4 Å². The Balaban J connectivity index is 1.64. The van der Waals surface area contributed by atoms with Gasteiger partial charge in [-0.2, -0.15) is 0 Å². The number of amides is 4. The molecule has 0 radical (unpaired) electrons. The molecule has 9 heteroatoms. The maximum atomic E-state index is 13.1. The van der Waals surface area contributed by atoms with E-state index in [1.54, 1.807) is 36.4 Å². The summed E-state index contributed by atoms with van der Waals surface area (Å²) in [6, 6.07) is 16.8. The van der Waals surface area contributed by atoms with Gasteiger partial charge in [-0.1, -0.05) is 57.4 Å². The molecule has 0 unspecified atom stereocenters. The number of ether oxygens (including phenoxy) is 2. The molecule has 1 aliphatic rings. The first-order valence-electron chi connectivity index (χ1n) is 10.5. The number of nitrogens with one attached hydrogen (secondary N) is 1. The summed E-state index contributed by atoms with van der Waals surface area (Å²) >= 11 is 9.79. The Morgan fingerprint density at radius 3 is 2.49 bits per heavy atom. The van der Waals surface area contributed by atoms with Crippen molar-refractivity contribution >= 4 is 57.1 Å². The first-order chi connectivity index (χ1) is 16.8. The summed E-state index contributed by atoms with van der Waals surface area (Å²) < 4.78 is 12.1. The maximum Gasteiger partial charge on any atom is 0.335 e. The lowest BCUT2D eigenvalue weighted by Gasteiger charge is -2.26. The molecule has 0 aliphatic carbocycles. The number of barbiturate groups is 1. The van der Waals surface area contributed by atoms with Gasteiger partial charge in [0.05, 0.1) is 17.8 Å². The number of methoxy groups -OCH3 is 1. The highest BCUT2D eigenvalue weighted by atomic mass is 79.9. The molecule has 4 amide bonds. The third-order valence-corrected chi connectivity index (χ3v) is 6.02. The van der Waals surface area contributed by atoms with Crippen LogP contribution in [-0.4, -0.2) is 25.0 Å². The van der Waals surface area contributed by atoms with Gasteiger partial charge in [0.2, 0.25) is 0 Å². The first kappa shape index (κ1) is 24.5. The Labute approximate surface area is 215 Å². The summed E-state index contributed by atoms with van der Waals surface area (Å²) in [6.07, 6.45) is 1.36. The topological polar surface area (TPSA) is 84.9 Å². The number of hydrogen-bond donors (Lipinski definition) is 1. The van der Waals surface area contributed by atoms with E-state index in [0.29, 0.717) is 22.7 Å². The van der Waals surface area contributed by atoms with Crippen molar-refractivity contribution in [3.63, 3.8) is 0 Å². The number of nitrogens with zero attached hydrogens (tertiary/aromatic N) is 1. The second kappa shape index (κ2) is 10.3. The van der Waals surface area contributed by atoms with Gasteiger partial charge in [-0.05, 0) is 60.5 Å². The van der Waals surface area contributed by atoms with Crippen molar-refractivity contribution in [2.45, 2.75) is 13.5 Å². The molecule has 0 saturated carbocycles. The number of imide groups is 2. The van der Waals surface area contributed by atoms with Gasteiger partial charge in [0, 0.05) is 4.47 Å². The summed E-state index contributed by atoms with van der Waals surface area (Å²) in [5.74, 6) is -0.885. The van der Waals surface area contributed by atoms with E-state index >= 15 is 0 Å². The summed E-state index contributed by atoms with van der Waals surface area (Å²) in [5, 5.41) is 2.44. The van der Waals surface area contributed by atoms with E-state index in [9.17, 15) is 14.4 Å². The van der Waals surface area contributed by atoms with Gasteiger partial charge in [-0.25, -0.2) is 9.69 Å². The minimum atomic E-state index is -0.824. The fraction of sp³-hybridized carbons (Fsp3) is 0.115. The molecule has 3 aromatic rings. The van der Waals surface area contributed by atoms with Gasteiger partial charge < -0.3 is 9.47 Å². The van der Waals surface area contributed by atoms with E-state index in [0.717, 1.165) is 20.5 Å². The average Bonchev–Trinajstić information content (AvgIpc) is 2.82. The normalized spacial score (nSPS) is 14.8. The van der Waals surface area contributed by atoms with Gasteiger partial charge in [-0.3, -0.25) is 14.9 Å². The molecule has 35 heavy (non-hydrogen) atoms. The third kappa shape index (κ3) is 5.39. The lowest BCUT2D eigenvalue weighted by atomic mass is 10.1. The standard InChI is InChI=1S/C26H20BrClN2O5/c1-15-4-3-5-16(10-15)14-35-23-21(28)12-17(13-22(23)34-2)11-20-24(31)29-26(33)30(25(20)32)19-8-6-18(27)7-9-19/h3-13H,14H2,1-2H3,(H,29,31,33). The van der Waals surface area contributed by atoms with Crippen LogP contribution < -0.4 is 19.7 Å². The van der Waals surface area contributed by atoms with E-state index in [1.807, 2.05) is 31.2 Å². The minimum Gasteiger partial charge on any atom is -0.493 e. The molecule has 0 spiro atoms. The predicted octanol–water partition coefficient (Wildman–Crippen LogP) is 5.66. The molecular formula is C26H20BrClN2O5. The number of halogens is 2. The van der Waals surface area contributed by atoms with Crippen LogP contribution in [0.3, 0.4) is 0 Å². The summed E-state index contributed by atoms with van der Waals surface area (Å²) in [4.78, 5) is 38.9. The first-order valence-corrected chi connectivity index (χ1v) is 11.7. The van der Waals surface area contributed by atoms with Crippen molar-refractivity contribution in [3.8, 4) is 11.5 Å². The van der Waals surface area contributed by atoms with Crippen LogP contribution in [0.25, 0.3) is 6.08 Å². The minimum absolute atomic E-state index is 0.223. The van der Waals surface area contributed by atoms with Crippen LogP contribution in [0.4, 0.5) is 10.5 Å². The quantitative estimate of drug-likeness (QED) is 0.313. The zero-order chi connectivity index (χ0) is 25.1. The second-order valence-electron chi connectivity index (χ2n) is 7.75. The molecule has 3 aromatic carbocycles. The van der Waals surface area contributed by atoms with Crippen LogP contribution in [0.2, 0.25) is 5.02 Å². The van der Waals surface area contributed by atoms with E-state index in [4.69, 9.17) is 21.1 Å². The van der Waals surface area contributed by atoms with Crippen molar-refractivity contribution in [1.82, 2.24) is 5.32 Å². The molecule has 7 nitrogen and oxygen atoms in total. The summed E-state index contributed by atoms with van der Waals surface area (Å²) in [6.45, 7) is 2.27. The zero-order valence-electron chi connectivity index (χ0n) is 18.8. The second-order valence-corrected chi connectivity index (χ2v) is 9.07. The summed E-state index contributed by atoms with van der Waals surface area (Å²) in [5.41, 5.74) is 2.61. The maximum absolute atomic E-state index is 13.1. The highest BCUT2D eigenvalue weighted by Gasteiger charge is 2.36. The van der Waals surface area contributed by atoms with Crippen molar-refractivity contribution in [1.29, 1.82) is 0 Å². The molecule has 1 fully saturated rings. The van der Waals surface area contributed by atoms with Gasteiger partial charge in [0.15, 0.2) is 11.5 Å². The smallest absolute Gasteiger partial charge is 0.335 e. The number of rotatable bonds is 6. The number of hydrogen-bond acceptors (Lipinski definition) is 5. The zero-order valence-corrected chi connectivity index (χ0v) is 21.1. The van der Waals surface area contributed by atoms with Crippen LogP contribution in [0.1, 0.15) is 16.7 Å². The van der Waals surface area contributed by atoms with E-state index in [2.05, 4.69) is 21.2 Å². The van der Waals surface area contributed by atoms with E-state index in [-0.39, 0.29) is 17.2 Å². The lowest BCUT2D eigenvalue weighted by Crippen LogP contribution is -2.54. The highest BCUT2D eigenvalue weighted by Crippen LogP contribution is 2.38. The number of benzene rings is 3. The molecule has 1 aliphatic heterocycles. The van der Waals surface area contributed by atoms with Gasteiger partial charge in [0.25, 0.3) is 11.8 Å². The number of carbonyl (C=O) groups is 3. The lowest BCUT2D eigenvalue weighted by molar-refractivity contribution is -0.122. The molecule has 1 heterocycles. The third-order valence-electron chi connectivity index (χ3n) is 5.21. The molecule has 0 bridgehead atoms. The Hall–Kier alpha value is -3.62. The van der Waals surface area contributed by atoms with Crippen molar-refractivity contribution < 1.29 is 23.9 Å². The van der Waals surface area contributed by atoms with Crippen LogP contribution >= 0.6 is 27.5 Å². The highest BCUT2D eigenvalue weighted by molar-refractivity contribution is 9.10. The van der Waals surface area contributed by atoms with Gasteiger partial charge in [-0.15, -0.1) is 0 Å². The number of aryl methyl sites for hydroxylation is 1. The van der Waals surface area contributed by atoms with E-state index < -0.39 is 17.8 Å². The largest absolute Gasteiger partial charge is 0.493 e. The van der Waals surface area contributed by atoms with Crippen LogP contribution in [0.5, 0.6) is 11.5 Å². The SMILES string of the molecule is COc1cc(C=C2C(=O)NC(=O)N(c3ccc(Br)cc3)C2=O)cc(Cl)c1OCc1cccc(C)c1. The molecule has 0 atom stereocenters. The fourth-order valence-electron chi connectivity index (χ4n) is 3.57. The molecule has 178 valence electrons. The van der Waals surface area contributed by atoms with Gasteiger partial charge >= 0.3 is 6.03 Å². The van der Waals surface area contributed by atoms with Crippen molar-refractivity contribution in [2.24, 2.45) is 0 Å². The monoisotopic (exact) mass is 554 g/mol. The number of urea groups is 1.